The van der Waals surface area contributed by atoms with Crippen LogP contribution in [0.5, 0.6) is 0 Å². The Morgan fingerprint density at radius 2 is 1.70 bits per heavy atom. The Bertz CT molecular complexity index is 760. The van der Waals surface area contributed by atoms with Crippen molar-refractivity contribution in [2.24, 2.45) is 0 Å². The number of allylic oxidation sites excluding steroid dienone is 5. The van der Waals surface area contributed by atoms with E-state index in [9.17, 15) is 4.79 Å². The first kappa shape index (κ1) is 31.9. The predicted octanol–water partition coefficient (Wildman–Crippen LogP) is 4.29. The fraction of sp³-hybridized carbons (Fsp3) is 0.217. The third-order valence-electron chi connectivity index (χ3n) is 3.63. The number of hydrogen-bond donors (Lipinski definition) is 0. The van der Waals surface area contributed by atoms with Crippen molar-refractivity contribution in [3.63, 3.8) is 0 Å². The van der Waals surface area contributed by atoms with Crippen LogP contribution in [0.15, 0.2) is 78.1 Å². The summed E-state index contributed by atoms with van der Waals surface area (Å²) in [6, 6.07) is 9.76. The fourth-order valence-corrected chi connectivity index (χ4v) is 2.43. The zero-order chi connectivity index (χ0) is 22.5. The first-order valence-corrected chi connectivity index (χ1v) is 8.47. The van der Waals surface area contributed by atoms with E-state index >= 15 is 0 Å². The molecule has 30 heavy (non-hydrogen) atoms. The Labute approximate surface area is 188 Å². The molecule has 1 aliphatic rings. The van der Waals surface area contributed by atoms with Crippen molar-refractivity contribution in [1.82, 2.24) is 0 Å². The third kappa shape index (κ3) is 11.9. The summed E-state index contributed by atoms with van der Waals surface area (Å²) in [5, 5.41) is 0. The summed E-state index contributed by atoms with van der Waals surface area (Å²) in [6.45, 7) is 16.0. The molecule has 1 aromatic carbocycles. The SMILES string of the molecule is C/C=C/C=C/CN(C(=O)C1=CC(OC)=CCC1)c1ccccc1.[C-]#[O+].[C-]#[O+].[C-]#[O+].[Fe]. The molecular weight excluding hydrogens is 426 g/mol. The van der Waals surface area contributed by atoms with Gasteiger partial charge in [-0.2, -0.15) is 0 Å². The van der Waals surface area contributed by atoms with Crippen LogP contribution in [0.3, 0.4) is 0 Å². The van der Waals surface area contributed by atoms with E-state index in [1.807, 2.05) is 73.7 Å². The van der Waals surface area contributed by atoms with E-state index < -0.39 is 0 Å². The number of para-hydroxylation sites is 1. The molecule has 0 saturated heterocycles. The van der Waals surface area contributed by atoms with E-state index in [2.05, 4.69) is 20.0 Å². The molecule has 0 fully saturated rings. The average Bonchev–Trinajstić information content (AvgIpc) is 2.83. The Hall–Kier alpha value is -2.81. The molecule has 1 aromatic rings. The van der Waals surface area contributed by atoms with Gasteiger partial charge in [0, 0.05) is 34.9 Å². The van der Waals surface area contributed by atoms with Gasteiger partial charge in [-0.15, -0.1) is 0 Å². The van der Waals surface area contributed by atoms with E-state index in [0.717, 1.165) is 29.9 Å². The monoisotopic (exact) mass is 449 g/mol. The van der Waals surface area contributed by atoms with Gasteiger partial charge < -0.3 is 9.64 Å². The first-order valence-electron chi connectivity index (χ1n) is 8.47. The Balaban J connectivity index is -0.000000955. The van der Waals surface area contributed by atoms with Crippen molar-refractivity contribution >= 4 is 11.6 Å². The predicted molar refractivity (Wildman–Crippen MR) is 107 cm³/mol. The summed E-state index contributed by atoms with van der Waals surface area (Å²) >= 11 is 0. The summed E-state index contributed by atoms with van der Waals surface area (Å²) < 4.78 is 27.8. The Morgan fingerprint density at radius 1 is 1.10 bits per heavy atom. The number of carbonyl (C=O) groups excluding carboxylic acids is 1. The van der Waals surface area contributed by atoms with Crippen LogP contribution in [0.4, 0.5) is 5.69 Å². The largest absolute Gasteiger partial charge is 0 e. The summed E-state index contributed by atoms with van der Waals surface area (Å²) in [4.78, 5) is 14.7. The maximum absolute atomic E-state index is 12.9. The van der Waals surface area contributed by atoms with Crippen molar-refractivity contribution < 1.29 is 40.6 Å². The maximum Gasteiger partial charge on any atom is 0 e. The molecule has 2 rings (SSSR count). The van der Waals surface area contributed by atoms with Crippen LogP contribution in [0.1, 0.15) is 19.8 Å². The molecule has 1 amide bonds. The molecule has 0 unspecified atom stereocenters. The third-order valence-corrected chi connectivity index (χ3v) is 3.63. The Morgan fingerprint density at radius 3 is 2.23 bits per heavy atom. The summed E-state index contributed by atoms with van der Waals surface area (Å²) in [6.07, 6.45) is 13.3. The van der Waals surface area contributed by atoms with Crippen LogP contribution >= 0.6 is 0 Å². The van der Waals surface area contributed by atoms with Gasteiger partial charge in [-0.25, -0.2) is 0 Å². The van der Waals surface area contributed by atoms with Crippen molar-refractivity contribution in [2.75, 3.05) is 18.6 Å². The van der Waals surface area contributed by atoms with Gasteiger partial charge >= 0.3 is 33.9 Å². The van der Waals surface area contributed by atoms with Gasteiger partial charge in [-0.05, 0) is 44.1 Å². The van der Waals surface area contributed by atoms with Gasteiger partial charge in [0.1, 0.15) is 5.76 Å². The van der Waals surface area contributed by atoms with Gasteiger partial charge in [0.05, 0.1) is 7.11 Å². The van der Waals surface area contributed by atoms with E-state index in [0.29, 0.717) is 6.54 Å². The molecule has 6 nitrogen and oxygen atoms in total. The van der Waals surface area contributed by atoms with Gasteiger partial charge in [0.15, 0.2) is 0 Å². The molecule has 0 atom stereocenters. The number of benzene rings is 1. The fourth-order valence-electron chi connectivity index (χ4n) is 2.43. The van der Waals surface area contributed by atoms with Crippen LogP contribution in [0, 0.1) is 20.0 Å². The smallest absolute Gasteiger partial charge is 0 e. The Kier molecular flexibility index (Phi) is 23.9. The minimum absolute atomic E-state index is 0. The van der Waals surface area contributed by atoms with Gasteiger partial charge in [-0.1, -0.05) is 42.5 Å². The molecular formula is C23H23FeNO5. The van der Waals surface area contributed by atoms with Crippen LogP contribution < -0.4 is 4.90 Å². The molecule has 0 aromatic heterocycles. The zero-order valence-corrected chi connectivity index (χ0v) is 17.9. The second-order valence-corrected chi connectivity index (χ2v) is 5.22. The van der Waals surface area contributed by atoms with Crippen LogP contribution in [-0.2, 0) is 40.6 Å². The maximum atomic E-state index is 12.9. The minimum Gasteiger partial charge on any atom is 0 e. The van der Waals surface area contributed by atoms with Crippen molar-refractivity contribution in [3.05, 3.63) is 98.1 Å². The van der Waals surface area contributed by atoms with E-state index in [4.69, 9.17) is 18.7 Å². The van der Waals surface area contributed by atoms with Crippen LogP contribution in [-0.4, -0.2) is 19.6 Å². The van der Waals surface area contributed by atoms with Crippen molar-refractivity contribution in [3.8, 4) is 0 Å². The number of carbonyl (C=O) groups is 1. The molecule has 0 bridgehead atoms. The number of ether oxygens (including phenoxy) is 1. The van der Waals surface area contributed by atoms with Crippen LogP contribution in [0.2, 0.25) is 0 Å². The summed E-state index contributed by atoms with van der Waals surface area (Å²) in [5.74, 6) is 0.793. The topological polar surface area (TPSA) is 89.2 Å². The number of amides is 1. The quantitative estimate of drug-likeness (QED) is 0.281. The molecule has 0 heterocycles. The van der Waals surface area contributed by atoms with E-state index in [-0.39, 0.29) is 23.0 Å². The molecule has 0 N–H and O–H groups in total. The average molecular weight is 449 g/mol. The molecule has 0 spiro atoms. The molecule has 158 valence electrons. The number of rotatable bonds is 6. The second-order valence-electron chi connectivity index (χ2n) is 5.22. The number of nitrogens with zero attached hydrogens (tertiary/aromatic N) is 1. The van der Waals surface area contributed by atoms with Gasteiger partial charge in [-0.3, -0.25) is 4.79 Å². The zero-order valence-electron chi connectivity index (χ0n) is 16.8. The second kappa shape index (κ2) is 22.5. The molecule has 0 radical (unpaired) electrons. The van der Waals surface area contributed by atoms with E-state index in [1.54, 1.807) is 12.0 Å². The van der Waals surface area contributed by atoms with Gasteiger partial charge in [0.2, 0.25) is 0 Å². The van der Waals surface area contributed by atoms with Crippen LogP contribution in [0.25, 0.3) is 0 Å². The number of anilines is 1. The normalized spacial score (nSPS) is 11.5. The van der Waals surface area contributed by atoms with E-state index in [1.165, 1.54) is 0 Å². The summed E-state index contributed by atoms with van der Waals surface area (Å²) in [5.41, 5.74) is 1.68. The molecule has 7 heteroatoms. The number of hydrogen-bond acceptors (Lipinski definition) is 2. The van der Waals surface area contributed by atoms with Gasteiger partial charge in [0.25, 0.3) is 5.91 Å². The molecule has 0 saturated carbocycles. The first-order chi connectivity index (χ1) is 14.3. The number of methoxy groups -OCH3 is 1. The van der Waals surface area contributed by atoms with Crippen molar-refractivity contribution in [1.29, 1.82) is 0 Å². The standard InChI is InChI=1S/C20H23NO2.3CO.Fe/c1-3-4-5-9-15-21(18-12-7-6-8-13-18)20(22)17-11-10-14-19(16-17)23-2;3*1-2;/h3-9,12-14,16H,10-11,15H2,1-2H3;;;;/b4-3+,9-5+;;;;. The molecule has 0 aliphatic heterocycles. The van der Waals surface area contributed by atoms with Crippen molar-refractivity contribution in [2.45, 2.75) is 19.8 Å². The minimum atomic E-state index is 0. The summed E-state index contributed by atoms with van der Waals surface area (Å²) in [7, 11) is 1.63. The molecule has 1 aliphatic carbocycles.